The van der Waals surface area contributed by atoms with Gasteiger partial charge in [-0.25, -0.2) is 15.0 Å². The molecule has 2 N–H and O–H groups in total. The molecule has 1 fully saturated rings. The van der Waals surface area contributed by atoms with Crippen molar-refractivity contribution in [3.8, 4) is 23.0 Å². The number of anilines is 3. The Balaban J connectivity index is 1.39. The van der Waals surface area contributed by atoms with Gasteiger partial charge in [-0.05, 0) is 12.1 Å². The van der Waals surface area contributed by atoms with Gasteiger partial charge in [0.15, 0.2) is 23.0 Å². The first kappa shape index (κ1) is 23.7. The van der Waals surface area contributed by atoms with Crippen LogP contribution < -0.4 is 34.5 Å². The van der Waals surface area contributed by atoms with Crippen LogP contribution in [-0.2, 0) is 0 Å². The Hall–Kier alpha value is -3.99. The van der Waals surface area contributed by atoms with E-state index in [1.165, 1.54) is 0 Å². The number of rotatable bonds is 6. The lowest BCUT2D eigenvalue weighted by Gasteiger charge is -2.35. The maximum atomic E-state index is 6.51. The molecule has 36 heavy (non-hydrogen) atoms. The van der Waals surface area contributed by atoms with Gasteiger partial charge < -0.3 is 34.5 Å². The molecule has 0 saturated carbocycles. The van der Waals surface area contributed by atoms with Crippen LogP contribution >= 0.6 is 11.6 Å². The third-order valence-electron chi connectivity index (χ3n) is 6.21. The van der Waals surface area contributed by atoms with Crippen LogP contribution in [0, 0.1) is 0 Å². The summed E-state index contributed by atoms with van der Waals surface area (Å²) in [5, 5.41) is 1.76. The molecule has 12 heteroatoms. The van der Waals surface area contributed by atoms with Crippen molar-refractivity contribution >= 4 is 51.1 Å². The SMILES string of the molecule is COc1cc2nc(N3CCN(c4nc(Cl)c5cc(OC)c(OC)cc5n4)CC3)nc(N)c2cc1OC. The zero-order valence-corrected chi connectivity index (χ0v) is 21.2. The molecule has 188 valence electrons. The van der Waals surface area contributed by atoms with Crippen molar-refractivity contribution in [1.29, 1.82) is 0 Å². The largest absolute Gasteiger partial charge is 0.493 e. The molecule has 3 heterocycles. The predicted octanol–water partition coefficient (Wildman–Crippen LogP) is 3.17. The van der Waals surface area contributed by atoms with Crippen molar-refractivity contribution in [3.63, 3.8) is 0 Å². The van der Waals surface area contributed by atoms with Crippen LogP contribution in [0.1, 0.15) is 0 Å². The molecular formula is C24H26ClN7O4. The second-order valence-corrected chi connectivity index (χ2v) is 8.50. The zero-order chi connectivity index (χ0) is 25.4. The summed E-state index contributed by atoms with van der Waals surface area (Å²) in [6, 6.07) is 7.18. The van der Waals surface area contributed by atoms with Crippen LogP contribution in [0.25, 0.3) is 21.8 Å². The first-order valence-electron chi connectivity index (χ1n) is 11.2. The average molecular weight is 512 g/mol. The first-order chi connectivity index (χ1) is 17.4. The Bertz CT molecular complexity index is 1330. The minimum Gasteiger partial charge on any atom is -0.493 e. The number of nitrogen functional groups attached to an aromatic ring is 1. The van der Waals surface area contributed by atoms with Gasteiger partial charge in [0.2, 0.25) is 11.9 Å². The molecule has 1 saturated heterocycles. The second kappa shape index (κ2) is 9.57. The number of hydrogen-bond donors (Lipinski definition) is 1. The van der Waals surface area contributed by atoms with E-state index in [0.29, 0.717) is 93.9 Å². The summed E-state index contributed by atoms with van der Waals surface area (Å²) in [5.74, 6) is 3.80. The topological polar surface area (TPSA) is 121 Å². The summed E-state index contributed by atoms with van der Waals surface area (Å²) in [6.07, 6.45) is 0. The second-order valence-electron chi connectivity index (χ2n) is 8.15. The van der Waals surface area contributed by atoms with Crippen LogP contribution in [0.2, 0.25) is 5.15 Å². The molecule has 0 radical (unpaired) electrons. The molecular weight excluding hydrogens is 486 g/mol. The summed E-state index contributed by atoms with van der Waals surface area (Å²) in [7, 11) is 6.32. The van der Waals surface area contributed by atoms with Gasteiger partial charge in [-0.1, -0.05) is 11.6 Å². The number of nitrogens with two attached hydrogens (primary N) is 1. The van der Waals surface area contributed by atoms with Gasteiger partial charge in [0.25, 0.3) is 0 Å². The molecule has 11 nitrogen and oxygen atoms in total. The quantitative estimate of drug-likeness (QED) is 0.384. The zero-order valence-electron chi connectivity index (χ0n) is 20.4. The highest BCUT2D eigenvalue weighted by Crippen LogP contribution is 2.36. The molecule has 1 aliphatic rings. The van der Waals surface area contributed by atoms with E-state index in [1.54, 1.807) is 52.7 Å². The third-order valence-corrected chi connectivity index (χ3v) is 6.49. The Morgan fingerprint density at radius 2 is 1.06 bits per heavy atom. The number of ether oxygens (including phenoxy) is 4. The highest BCUT2D eigenvalue weighted by molar-refractivity contribution is 6.34. The summed E-state index contributed by atoms with van der Waals surface area (Å²) in [6.45, 7) is 2.62. The van der Waals surface area contributed by atoms with E-state index >= 15 is 0 Å². The molecule has 0 aliphatic carbocycles. The number of hydrogen-bond acceptors (Lipinski definition) is 11. The molecule has 1 aliphatic heterocycles. The van der Waals surface area contributed by atoms with Gasteiger partial charge in [0, 0.05) is 49.1 Å². The van der Waals surface area contributed by atoms with E-state index in [2.05, 4.69) is 19.8 Å². The summed E-state index contributed by atoms with van der Waals surface area (Å²) < 4.78 is 21.6. The highest BCUT2D eigenvalue weighted by Gasteiger charge is 2.23. The molecule has 4 aromatic rings. The number of piperazine rings is 1. The van der Waals surface area contributed by atoms with Crippen molar-refractivity contribution in [3.05, 3.63) is 29.4 Å². The molecule has 0 spiro atoms. The predicted molar refractivity (Wildman–Crippen MR) is 139 cm³/mol. The van der Waals surface area contributed by atoms with Gasteiger partial charge in [0.05, 0.1) is 39.5 Å². The number of aromatic nitrogens is 4. The fourth-order valence-electron chi connectivity index (χ4n) is 4.26. The van der Waals surface area contributed by atoms with Crippen molar-refractivity contribution < 1.29 is 18.9 Å². The van der Waals surface area contributed by atoms with Crippen molar-refractivity contribution in [1.82, 2.24) is 19.9 Å². The van der Waals surface area contributed by atoms with E-state index in [0.717, 1.165) is 0 Å². The van der Waals surface area contributed by atoms with Crippen LogP contribution in [0.4, 0.5) is 17.7 Å². The van der Waals surface area contributed by atoms with E-state index in [9.17, 15) is 0 Å². The minimum absolute atomic E-state index is 0.355. The number of halogens is 1. The number of fused-ring (bicyclic) bond motifs is 2. The normalized spacial score (nSPS) is 13.8. The van der Waals surface area contributed by atoms with E-state index in [4.69, 9.17) is 46.3 Å². The van der Waals surface area contributed by atoms with Gasteiger partial charge in [0.1, 0.15) is 11.0 Å². The minimum atomic E-state index is 0.355. The Labute approximate surface area is 212 Å². The van der Waals surface area contributed by atoms with Crippen molar-refractivity contribution in [2.45, 2.75) is 0 Å². The lowest BCUT2D eigenvalue weighted by Crippen LogP contribution is -2.47. The van der Waals surface area contributed by atoms with Crippen LogP contribution in [0.3, 0.4) is 0 Å². The number of benzene rings is 2. The summed E-state index contributed by atoms with van der Waals surface area (Å²) >= 11 is 6.51. The van der Waals surface area contributed by atoms with Crippen LogP contribution in [0.5, 0.6) is 23.0 Å². The maximum absolute atomic E-state index is 6.51. The van der Waals surface area contributed by atoms with Gasteiger partial charge >= 0.3 is 0 Å². The average Bonchev–Trinajstić information content (AvgIpc) is 2.91. The standard InChI is InChI=1S/C24H26ClN7O4/c1-33-17-9-13-15(11-19(17)35-3)27-23(29-21(13)25)31-5-7-32(8-6-31)24-28-16-12-20(36-4)18(34-2)10-14(16)22(26)30-24/h9-12H,5-8H2,1-4H3,(H2,26,28,30). The fraction of sp³-hybridized carbons (Fsp3) is 0.333. The van der Waals surface area contributed by atoms with Crippen LogP contribution in [0.15, 0.2) is 24.3 Å². The molecule has 0 atom stereocenters. The molecule has 0 unspecified atom stereocenters. The summed E-state index contributed by atoms with van der Waals surface area (Å²) in [4.78, 5) is 22.7. The number of methoxy groups -OCH3 is 4. The first-order valence-corrected chi connectivity index (χ1v) is 11.6. The molecule has 0 amide bonds. The van der Waals surface area contributed by atoms with Gasteiger partial charge in [-0.15, -0.1) is 0 Å². The van der Waals surface area contributed by atoms with Crippen molar-refractivity contribution in [2.24, 2.45) is 0 Å². The fourth-order valence-corrected chi connectivity index (χ4v) is 4.49. The smallest absolute Gasteiger partial charge is 0.228 e. The molecule has 0 bridgehead atoms. The third kappa shape index (κ3) is 4.15. The van der Waals surface area contributed by atoms with Gasteiger partial charge in [-0.2, -0.15) is 4.98 Å². The lowest BCUT2D eigenvalue weighted by molar-refractivity contribution is 0.356. The monoisotopic (exact) mass is 511 g/mol. The Kier molecular flexibility index (Phi) is 6.31. The summed E-state index contributed by atoms with van der Waals surface area (Å²) in [5.41, 5.74) is 7.64. The Morgan fingerprint density at radius 1 is 0.639 bits per heavy atom. The molecule has 2 aromatic heterocycles. The number of nitrogens with zero attached hydrogens (tertiary/aromatic N) is 6. The molecule has 2 aromatic carbocycles. The van der Waals surface area contributed by atoms with Crippen molar-refractivity contribution in [2.75, 3.05) is 70.2 Å². The van der Waals surface area contributed by atoms with E-state index in [1.807, 2.05) is 0 Å². The van der Waals surface area contributed by atoms with E-state index < -0.39 is 0 Å². The highest BCUT2D eigenvalue weighted by atomic mass is 35.5. The maximum Gasteiger partial charge on any atom is 0.228 e. The van der Waals surface area contributed by atoms with Crippen LogP contribution in [-0.4, -0.2) is 74.6 Å². The van der Waals surface area contributed by atoms with E-state index in [-0.39, 0.29) is 0 Å². The van der Waals surface area contributed by atoms with Gasteiger partial charge in [-0.3, -0.25) is 0 Å². The lowest BCUT2D eigenvalue weighted by atomic mass is 10.2. The Morgan fingerprint density at radius 3 is 1.56 bits per heavy atom. The molecule has 5 rings (SSSR count).